The maximum atomic E-state index is 12.4. The predicted octanol–water partition coefficient (Wildman–Crippen LogP) is 1.28. The number of rotatable bonds is 4. The van der Waals surface area contributed by atoms with E-state index in [9.17, 15) is 14.4 Å². The first-order valence-electron chi connectivity index (χ1n) is 7.49. The monoisotopic (exact) mass is 316 g/mol. The molecule has 1 saturated heterocycles. The van der Waals surface area contributed by atoms with Crippen molar-refractivity contribution in [2.45, 2.75) is 32.4 Å². The van der Waals surface area contributed by atoms with Crippen LogP contribution in [0.2, 0.25) is 0 Å². The number of benzene rings is 1. The number of fused-ring (bicyclic) bond motifs is 1. The average molecular weight is 316 g/mol. The summed E-state index contributed by atoms with van der Waals surface area (Å²) in [5, 5.41) is 4.95. The van der Waals surface area contributed by atoms with Gasteiger partial charge in [-0.3, -0.25) is 4.79 Å². The molecule has 7 heteroatoms. The first-order valence-corrected chi connectivity index (χ1v) is 7.49. The number of hydrogen-bond acceptors (Lipinski definition) is 6. The minimum Gasteiger partial charge on any atom is -0.463 e. The van der Waals surface area contributed by atoms with E-state index >= 15 is 0 Å². The summed E-state index contributed by atoms with van der Waals surface area (Å²) in [5.74, 6) is -1.28. The summed E-state index contributed by atoms with van der Waals surface area (Å²) in [4.78, 5) is 36.2. The van der Waals surface area contributed by atoms with E-state index in [0.29, 0.717) is 30.2 Å². The maximum Gasteiger partial charge on any atom is 0.360 e. The summed E-state index contributed by atoms with van der Waals surface area (Å²) in [6, 6.07) is 6.73. The summed E-state index contributed by atoms with van der Waals surface area (Å²) in [6.45, 7) is 2.55. The second-order valence-electron chi connectivity index (χ2n) is 5.27. The molecule has 2 aromatic rings. The van der Waals surface area contributed by atoms with Crippen LogP contribution in [0.5, 0.6) is 0 Å². The van der Waals surface area contributed by atoms with Crippen molar-refractivity contribution in [1.29, 1.82) is 0 Å². The third-order valence-electron chi connectivity index (χ3n) is 3.63. The zero-order valence-electron chi connectivity index (χ0n) is 12.7. The Morgan fingerprint density at radius 2 is 2.09 bits per heavy atom. The Morgan fingerprint density at radius 3 is 2.74 bits per heavy atom. The maximum absolute atomic E-state index is 12.4. The molecule has 0 bridgehead atoms. The van der Waals surface area contributed by atoms with Gasteiger partial charge >= 0.3 is 11.9 Å². The van der Waals surface area contributed by atoms with Crippen molar-refractivity contribution < 1.29 is 19.1 Å². The lowest BCUT2D eigenvalue weighted by Crippen LogP contribution is -2.28. The van der Waals surface area contributed by atoms with Crippen molar-refractivity contribution in [1.82, 2.24) is 9.78 Å². The average Bonchev–Trinajstić information content (AvgIpc) is 2.95. The number of cyclic esters (lactones) is 1. The Kier molecular flexibility index (Phi) is 4.10. The van der Waals surface area contributed by atoms with Crippen LogP contribution in [0, 0.1) is 0 Å². The molecule has 0 amide bonds. The van der Waals surface area contributed by atoms with Crippen LogP contribution >= 0.6 is 0 Å². The number of aromatic nitrogens is 2. The summed E-state index contributed by atoms with van der Waals surface area (Å²) in [7, 11) is 0. The molecule has 0 saturated carbocycles. The molecule has 1 aliphatic heterocycles. The molecule has 0 aliphatic carbocycles. The van der Waals surface area contributed by atoms with Gasteiger partial charge in [0.2, 0.25) is 6.10 Å². The molecule has 120 valence electrons. The largest absolute Gasteiger partial charge is 0.463 e. The number of carbonyl (C=O) groups excluding carboxylic acids is 2. The van der Waals surface area contributed by atoms with Crippen LogP contribution in [0.15, 0.2) is 29.1 Å². The fourth-order valence-electron chi connectivity index (χ4n) is 2.52. The van der Waals surface area contributed by atoms with Crippen molar-refractivity contribution in [3.8, 4) is 0 Å². The highest BCUT2D eigenvalue weighted by Crippen LogP contribution is 2.17. The lowest BCUT2D eigenvalue weighted by Gasteiger charge is -2.11. The van der Waals surface area contributed by atoms with Gasteiger partial charge in [0.25, 0.3) is 5.56 Å². The smallest absolute Gasteiger partial charge is 0.360 e. The van der Waals surface area contributed by atoms with Crippen molar-refractivity contribution in [2.75, 3.05) is 6.61 Å². The highest BCUT2D eigenvalue weighted by atomic mass is 16.6. The van der Waals surface area contributed by atoms with Crippen molar-refractivity contribution in [3.63, 3.8) is 0 Å². The SMILES string of the molecule is CCCn1nc(C(=O)OC2CCOC2=O)c2ccccc2c1=O. The Labute approximate surface area is 131 Å². The zero-order chi connectivity index (χ0) is 16.4. The summed E-state index contributed by atoms with van der Waals surface area (Å²) in [5.41, 5.74) is -0.215. The first kappa shape index (κ1) is 15.2. The number of nitrogens with zero attached hydrogens (tertiary/aromatic N) is 2. The zero-order valence-corrected chi connectivity index (χ0v) is 12.7. The van der Waals surface area contributed by atoms with Crippen LogP contribution in [0.25, 0.3) is 10.8 Å². The van der Waals surface area contributed by atoms with E-state index < -0.39 is 18.0 Å². The van der Waals surface area contributed by atoms with E-state index in [1.54, 1.807) is 24.3 Å². The molecule has 1 atom stereocenters. The van der Waals surface area contributed by atoms with Crippen LogP contribution in [-0.4, -0.2) is 34.4 Å². The predicted molar refractivity (Wildman–Crippen MR) is 81.1 cm³/mol. The Morgan fingerprint density at radius 1 is 1.35 bits per heavy atom. The second-order valence-corrected chi connectivity index (χ2v) is 5.27. The molecule has 1 aromatic carbocycles. The normalized spacial score (nSPS) is 17.3. The minimum absolute atomic E-state index is 0.0355. The Balaban J connectivity index is 2.05. The Hall–Kier alpha value is -2.70. The van der Waals surface area contributed by atoms with Gasteiger partial charge in [0, 0.05) is 18.4 Å². The molecular formula is C16H16N2O5. The first-order chi connectivity index (χ1) is 11.1. The van der Waals surface area contributed by atoms with Crippen LogP contribution < -0.4 is 5.56 Å². The third-order valence-corrected chi connectivity index (χ3v) is 3.63. The Bertz CT molecular complexity index is 827. The van der Waals surface area contributed by atoms with E-state index in [4.69, 9.17) is 9.47 Å². The van der Waals surface area contributed by atoms with Gasteiger partial charge in [-0.15, -0.1) is 0 Å². The molecule has 3 rings (SSSR count). The number of esters is 2. The number of ether oxygens (including phenoxy) is 2. The minimum atomic E-state index is -0.908. The number of hydrogen-bond donors (Lipinski definition) is 0. The fraction of sp³-hybridized carbons (Fsp3) is 0.375. The van der Waals surface area contributed by atoms with Crippen molar-refractivity contribution in [3.05, 3.63) is 40.3 Å². The molecule has 1 fully saturated rings. The van der Waals surface area contributed by atoms with Gasteiger partial charge in [0.05, 0.1) is 12.0 Å². The fourth-order valence-corrected chi connectivity index (χ4v) is 2.52. The van der Waals surface area contributed by atoms with E-state index in [1.165, 1.54) is 4.68 Å². The highest BCUT2D eigenvalue weighted by Gasteiger charge is 2.31. The molecule has 0 radical (unpaired) electrons. The molecule has 2 heterocycles. The van der Waals surface area contributed by atoms with E-state index in [-0.39, 0.29) is 17.9 Å². The molecule has 7 nitrogen and oxygen atoms in total. The van der Waals surface area contributed by atoms with Crippen LogP contribution in [0.1, 0.15) is 30.3 Å². The van der Waals surface area contributed by atoms with E-state index in [2.05, 4.69) is 5.10 Å². The number of carbonyl (C=O) groups is 2. The van der Waals surface area contributed by atoms with Gasteiger partial charge in [-0.25, -0.2) is 14.3 Å². The second kappa shape index (κ2) is 6.20. The molecule has 1 unspecified atom stereocenters. The summed E-state index contributed by atoms with van der Waals surface area (Å²) >= 11 is 0. The van der Waals surface area contributed by atoms with Crippen LogP contribution in [0.4, 0.5) is 0 Å². The lowest BCUT2D eigenvalue weighted by atomic mass is 10.1. The van der Waals surface area contributed by atoms with Crippen molar-refractivity contribution >= 4 is 22.7 Å². The topological polar surface area (TPSA) is 87.5 Å². The highest BCUT2D eigenvalue weighted by molar-refractivity contribution is 6.02. The van der Waals surface area contributed by atoms with E-state index in [0.717, 1.165) is 0 Å². The van der Waals surface area contributed by atoms with Crippen LogP contribution in [-0.2, 0) is 20.8 Å². The van der Waals surface area contributed by atoms with Gasteiger partial charge in [-0.1, -0.05) is 25.1 Å². The third kappa shape index (κ3) is 2.81. The van der Waals surface area contributed by atoms with E-state index in [1.807, 2.05) is 6.92 Å². The molecule has 23 heavy (non-hydrogen) atoms. The molecule has 1 aromatic heterocycles. The quantitative estimate of drug-likeness (QED) is 0.790. The molecule has 0 spiro atoms. The lowest BCUT2D eigenvalue weighted by molar-refractivity contribution is -0.145. The van der Waals surface area contributed by atoms with Gasteiger partial charge in [0.1, 0.15) is 0 Å². The van der Waals surface area contributed by atoms with Gasteiger partial charge in [0.15, 0.2) is 5.69 Å². The molecule has 0 N–H and O–H groups in total. The van der Waals surface area contributed by atoms with Gasteiger partial charge in [-0.2, -0.15) is 5.10 Å². The summed E-state index contributed by atoms with van der Waals surface area (Å²) in [6.07, 6.45) is 0.126. The van der Waals surface area contributed by atoms with Crippen molar-refractivity contribution in [2.24, 2.45) is 0 Å². The van der Waals surface area contributed by atoms with Gasteiger partial charge < -0.3 is 9.47 Å². The summed E-state index contributed by atoms with van der Waals surface area (Å²) < 4.78 is 11.2. The standard InChI is InChI=1S/C16H16N2O5/c1-2-8-18-14(19)11-6-4-3-5-10(11)13(17-18)16(21)23-12-7-9-22-15(12)20/h3-6,12H,2,7-9H2,1H3. The number of aryl methyl sites for hydroxylation is 1. The van der Waals surface area contributed by atoms with Gasteiger partial charge in [-0.05, 0) is 12.5 Å². The molecule has 1 aliphatic rings. The molecular weight excluding hydrogens is 300 g/mol. The van der Waals surface area contributed by atoms with Crippen LogP contribution in [0.3, 0.4) is 0 Å².